The van der Waals surface area contributed by atoms with Crippen molar-refractivity contribution in [3.63, 3.8) is 0 Å². The first-order valence-corrected chi connectivity index (χ1v) is 8.25. The SMILES string of the molecule is O=C(O)CSCC(O)(Cn1ccnc1)c1ccc(Cl)cc1Cl. The van der Waals surface area contributed by atoms with E-state index in [0.717, 1.165) is 11.8 Å². The quantitative estimate of drug-likeness (QED) is 0.793. The van der Waals surface area contributed by atoms with E-state index in [1.807, 2.05) is 0 Å². The second-order valence-corrected chi connectivity index (χ2v) is 6.61. The molecule has 0 aliphatic heterocycles. The van der Waals surface area contributed by atoms with Crippen LogP contribution in [-0.4, -0.2) is 37.2 Å². The molecule has 1 heterocycles. The summed E-state index contributed by atoms with van der Waals surface area (Å²) >= 11 is 13.2. The minimum absolute atomic E-state index is 0.0998. The maximum atomic E-state index is 11.0. The van der Waals surface area contributed by atoms with Crippen molar-refractivity contribution in [2.45, 2.75) is 12.1 Å². The number of aromatic nitrogens is 2. The van der Waals surface area contributed by atoms with Crippen LogP contribution < -0.4 is 0 Å². The number of carbonyl (C=O) groups is 1. The van der Waals surface area contributed by atoms with Crippen LogP contribution in [0.2, 0.25) is 10.0 Å². The van der Waals surface area contributed by atoms with E-state index in [-0.39, 0.29) is 18.1 Å². The molecule has 0 amide bonds. The van der Waals surface area contributed by atoms with E-state index in [4.69, 9.17) is 28.3 Å². The van der Waals surface area contributed by atoms with Crippen molar-refractivity contribution < 1.29 is 15.0 Å². The second kappa shape index (κ2) is 7.37. The molecule has 0 aliphatic carbocycles. The molecular weight excluding hydrogens is 347 g/mol. The van der Waals surface area contributed by atoms with Gasteiger partial charge in [0.1, 0.15) is 5.60 Å². The summed E-state index contributed by atoms with van der Waals surface area (Å²) in [6, 6.07) is 4.85. The molecule has 1 aromatic carbocycles. The van der Waals surface area contributed by atoms with Crippen molar-refractivity contribution in [3.05, 3.63) is 52.5 Å². The molecule has 0 bridgehead atoms. The number of nitrogens with zero attached hydrogens (tertiary/aromatic N) is 2. The van der Waals surface area contributed by atoms with Gasteiger partial charge in [-0.25, -0.2) is 4.98 Å². The van der Waals surface area contributed by atoms with Gasteiger partial charge in [-0.3, -0.25) is 4.79 Å². The maximum Gasteiger partial charge on any atom is 0.313 e. The van der Waals surface area contributed by atoms with E-state index < -0.39 is 11.6 Å². The number of hydrogen-bond acceptors (Lipinski definition) is 4. The van der Waals surface area contributed by atoms with Gasteiger partial charge in [-0.2, -0.15) is 0 Å². The number of thioether (sulfide) groups is 1. The standard InChI is InChI=1S/C14H14Cl2N2O3S/c15-10-1-2-11(12(16)5-10)14(21,8-22-6-13(19)20)7-18-4-3-17-9-18/h1-5,9,21H,6-8H2,(H,19,20). The first-order chi connectivity index (χ1) is 10.4. The van der Waals surface area contributed by atoms with E-state index in [9.17, 15) is 9.90 Å². The monoisotopic (exact) mass is 360 g/mol. The zero-order valence-electron chi connectivity index (χ0n) is 11.4. The average molecular weight is 361 g/mol. The van der Waals surface area contributed by atoms with E-state index in [2.05, 4.69) is 4.98 Å². The highest BCUT2D eigenvalue weighted by Gasteiger charge is 2.32. The lowest BCUT2D eigenvalue weighted by Gasteiger charge is -2.29. The highest BCUT2D eigenvalue weighted by atomic mass is 35.5. The molecule has 1 aromatic heterocycles. The van der Waals surface area contributed by atoms with Crippen LogP contribution in [0.5, 0.6) is 0 Å². The molecule has 8 heteroatoms. The van der Waals surface area contributed by atoms with Crippen molar-refractivity contribution in [1.82, 2.24) is 9.55 Å². The smallest absolute Gasteiger partial charge is 0.313 e. The largest absolute Gasteiger partial charge is 0.481 e. The predicted molar refractivity (Wildman–Crippen MR) is 87.5 cm³/mol. The molecule has 0 saturated carbocycles. The molecule has 118 valence electrons. The Morgan fingerprint density at radius 1 is 1.41 bits per heavy atom. The van der Waals surface area contributed by atoms with Crippen LogP contribution in [0.15, 0.2) is 36.9 Å². The van der Waals surface area contributed by atoms with E-state index in [0.29, 0.717) is 15.6 Å². The summed E-state index contributed by atoms with van der Waals surface area (Å²) < 4.78 is 1.71. The Morgan fingerprint density at radius 3 is 2.77 bits per heavy atom. The fraction of sp³-hybridized carbons (Fsp3) is 0.286. The van der Waals surface area contributed by atoms with Gasteiger partial charge in [0.05, 0.1) is 18.6 Å². The molecular formula is C14H14Cl2N2O3S. The third-order valence-electron chi connectivity index (χ3n) is 3.00. The molecule has 1 unspecified atom stereocenters. The van der Waals surface area contributed by atoms with Crippen LogP contribution in [0.3, 0.4) is 0 Å². The molecule has 22 heavy (non-hydrogen) atoms. The Morgan fingerprint density at radius 2 is 2.18 bits per heavy atom. The van der Waals surface area contributed by atoms with Gasteiger partial charge in [0.15, 0.2) is 0 Å². The Labute approximate surface area is 141 Å². The minimum atomic E-state index is -1.33. The lowest BCUT2D eigenvalue weighted by atomic mass is 9.95. The van der Waals surface area contributed by atoms with Gasteiger partial charge in [-0.05, 0) is 12.1 Å². The van der Waals surface area contributed by atoms with Gasteiger partial charge >= 0.3 is 5.97 Å². The van der Waals surface area contributed by atoms with Crippen LogP contribution in [0.4, 0.5) is 0 Å². The van der Waals surface area contributed by atoms with Gasteiger partial charge < -0.3 is 14.8 Å². The zero-order chi connectivity index (χ0) is 16.2. The summed E-state index contributed by atoms with van der Waals surface area (Å²) in [4.78, 5) is 14.6. The van der Waals surface area contributed by atoms with Gasteiger partial charge in [0.25, 0.3) is 0 Å². The Kier molecular flexibility index (Phi) is 5.74. The first kappa shape index (κ1) is 17.1. The third kappa shape index (κ3) is 4.39. The fourth-order valence-electron chi connectivity index (χ4n) is 2.06. The second-order valence-electron chi connectivity index (χ2n) is 4.78. The molecule has 5 nitrogen and oxygen atoms in total. The molecule has 0 spiro atoms. The normalized spacial score (nSPS) is 13.8. The molecule has 1 atom stereocenters. The highest BCUT2D eigenvalue weighted by molar-refractivity contribution is 7.99. The van der Waals surface area contributed by atoms with E-state index in [1.165, 1.54) is 0 Å². The average Bonchev–Trinajstić information content (AvgIpc) is 2.90. The molecule has 0 aliphatic rings. The summed E-state index contributed by atoms with van der Waals surface area (Å²) in [7, 11) is 0. The zero-order valence-corrected chi connectivity index (χ0v) is 13.8. The van der Waals surface area contributed by atoms with Gasteiger partial charge in [0.2, 0.25) is 0 Å². The number of carboxylic acid groups (broad SMARTS) is 1. The Hall–Kier alpha value is -1.21. The topological polar surface area (TPSA) is 75.3 Å². The number of benzene rings is 1. The van der Waals surface area contributed by atoms with Crippen LogP contribution >= 0.6 is 35.0 Å². The van der Waals surface area contributed by atoms with Crippen molar-refractivity contribution >= 4 is 40.9 Å². The number of aliphatic carboxylic acids is 1. The summed E-state index contributed by atoms with van der Waals surface area (Å²) in [6.07, 6.45) is 4.90. The number of carboxylic acids is 1. The summed E-state index contributed by atoms with van der Waals surface area (Å²) in [5, 5.41) is 20.6. The number of aliphatic hydroxyl groups is 1. The molecule has 0 radical (unpaired) electrons. The van der Waals surface area contributed by atoms with E-state index in [1.54, 1.807) is 41.5 Å². The van der Waals surface area contributed by atoms with Gasteiger partial charge in [-0.1, -0.05) is 29.3 Å². The number of rotatable bonds is 7. The molecule has 0 saturated heterocycles. The Bertz CT molecular complexity index is 652. The molecule has 2 N–H and O–H groups in total. The lowest BCUT2D eigenvalue weighted by molar-refractivity contribution is -0.133. The lowest BCUT2D eigenvalue weighted by Crippen LogP contribution is -2.34. The third-order valence-corrected chi connectivity index (χ3v) is 4.68. The number of halogens is 2. The van der Waals surface area contributed by atoms with Gasteiger partial charge in [-0.15, -0.1) is 11.8 Å². The molecule has 0 fully saturated rings. The summed E-state index contributed by atoms with van der Waals surface area (Å²) in [5.41, 5.74) is -0.826. The van der Waals surface area contributed by atoms with Crippen molar-refractivity contribution in [2.75, 3.05) is 11.5 Å². The maximum absolute atomic E-state index is 11.0. The van der Waals surface area contributed by atoms with Crippen LogP contribution in [0.1, 0.15) is 5.56 Å². The minimum Gasteiger partial charge on any atom is -0.481 e. The summed E-state index contributed by atoms with van der Waals surface area (Å²) in [5.74, 6) is -0.854. The van der Waals surface area contributed by atoms with Crippen LogP contribution in [0, 0.1) is 0 Å². The highest BCUT2D eigenvalue weighted by Crippen LogP contribution is 2.34. The van der Waals surface area contributed by atoms with Crippen molar-refractivity contribution in [2.24, 2.45) is 0 Å². The summed E-state index contributed by atoms with van der Waals surface area (Å²) in [6.45, 7) is 0.209. The molecule has 2 aromatic rings. The van der Waals surface area contributed by atoms with Crippen LogP contribution in [-0.2, 0) is 16.9 Å². The van der Waals surface area contributed by atoms with E-state index >= 15 is 0 Å². The number of imidazole rings is 1. The fourth-order valence-corrected chi connectivity index (χ4v) is 3.51. The Balaban J connectivity index is 2.28. The molecule has 2 rings (SSSR count). The van der Waals surface area contributed by atoms with Crippen LogP contribution in [0.25, 0.3) is 0 Å². The first-order valence-electron chi connectivity index (χ1n) is 6.34. The predicted octanol–water partition coefficient (Wildman–Crippen LogP) is 2.90. The van der Waals surface area contributed by atoms with Crippen molar-refractivity contribution in [3.8, 4) is 0 Å². The van der Waals surface area contributed by atoms with Gasteiger partial charge in [0, 0.05) is 33.8 Å². The number of hydrogen-bond donors (Lipinski definition) is 2. The van der Waals surface area contributed by atoms with Crippen molar-refractivity contribution in [1.29, 1.82) is 0 Å².